The second-order valence-corrected chi connectivity index (χ2v) is 8.34. The molecule has 0 fully saturated rings. The number of nitrogens with one attached hydrogen (secondary N) is 1. The summed E-state index contributed by atoms with van der Waals surface area (Å²) in [7, 11) is 0. The van der Waals surface area contributed by atoms with Gasteiger partial charge in [-0.25, -0.2) is 0 Å². The molecule has 0 unspecified atom stereocenters. The molecule has 21 heavy (non-hydrogen) atoms. The zero-order valence-electron chi connectivity index (χ0n) is 12.9. The van der Waals surface area contributed by atoms with E-state index in [4.69, 9.17) is 0 Å². The summed E-state index contributed by atoms with van der Waals surface area (Å²) in [5.74, 6) is 0.105. The molecule has 0 aromatic heterocycles. The number of rotatable bonds is 4. The summed E-state index contributed by atoms with van der Waals surface area (Å²) in [5, 5.41) is 0. The Labute approximate surface area is 127 Å². The maximum absolute atomic E-state index is 12.6. The summed E-state index contributed by atoms with van der Waals surface area (Å²) in [6.07, 6.45) is -4.34. The lowest BCUT2D eigenvalue weighted by Gasteiger charge is -2.30. The molecular weight excluding hydrogens is 299 g/mol. The van der Waals surface area contributed by atoms with Crippen molar-refractivity contribution < 1.29 is 17.7 Å². The van der Waals surface area contributed by atoms with Crippen LogP contribution in [0.4, 0.5) is 13.2 Å². The van der Waals surface area contributed by atoms with Gasteiger partial charge in [0.25, 0.3) is 0 Å². The van der Waals surface area contributed by atoms with E-state index < -0.39 is 27.8 Å². The quantitative estimate of drug-likeness (QED) is 0.831. The van der Waals surface area contributed by atoms with E-state index in [-0.39, 0.29) is 12.0 Å². The summed E-state index contributed by atoms with van der Waals surface area (Å²) in [6.45, 7) is 9.42. The Morgan fingerprint density at radius 1 is 1.05 bits per heavy atom. The molecule has 0 bridgehead atoms. The zero-order chi connectivity index (χ0) is 16.4. The molecule has 1 rings (SSSR count). The molecule has 0 heterocycles. The van der Waals surface area contributed by atoms with E-state index in [1.165, 1.54) is 12.1 Å². The topological polar surface area (TPSA) is 35.1 Å². The fourth-order valence-electron chi connectivity index (χ4n) is 1.76. The third-order valence-electron chi connectivity index (χ3n) is 3.05. The molecule has 2 nitrogen and oxygen atoms in total. The third-order valence-corrected chi connectivity index (χ3v) is 4.63. The number of benzene rings is 1. The van der Waals surface area contributed by atoms with Crippen LogP contribution in [0.3, 0.4) is 0 Å². The summed E-state index contributed by atoms with van der Waals surface area (Å²) in [5.41, 5.74) is 0.0290. The molecule has 0 saturated heterocycles. The largest absolute Gasteiger partial charge is 0.598 e. The minimum Gasteiger partial charge on any atom is -0.598 e. The lowest BCUT2D eigenvalue weighted by atomic mass is 9.96. The van der Waals surface area contributed by atoms with Gasteiger partial charge in [0.15, 0.2) is 0 Å². The molecule has 1 N–H and O–H groups in total. The number of hydrogen-bond donors (Lipinski definition) is 1. The first-order valence-electron chi connectivity index (χ1n) is 6.78. The van der Waals surface area contributed by atoms with Crippen LogP contribution in [0.2, 0.25) is 0 Å². The monoisotopic (exact) mass is 321 g/mol. The van der Waals surface area contributed by atoms with Crippen LogP contribution in [0.15, 0.2) is 24.3 Å². The van der Waals surface area contributed by atoms with Crippen LogP contribution in [0.25, 0.3) is 0 Å². The van der Waals surface area contributed by atoms with E-state index in [1.807, 2.05) is 34.6 Å². The highest BCUT2D eigenvalue weighted by molar-refractivity contribution is 7.90. The molecule has 0 saturated carbocycles. The van der Waals surface area contributed by atoms with Crippen LogP contribution in [-0.2, 0) is 17.5 Å². The van der Waals surface area contributed by atoms with Crippen LogP contribution in [0.5, 0.6) is 0 Å². The van der Waals surface area contributed by atoms with Gasteiger partial charge in [-0.2, -0.15) is 13.2 Å². The van der Waals surface area contributed by atoms with Crippen LogP contribution >= 0.6 is 0 Å². The minimum atomic E-state index is -4.34. The smallest absolute Gasteiger partial charge is 0.416 e. The SMILES string of the molecule is CC(C)[C@H](N[S@+]([O-])C(C)(C)C)c1ccc(C(F)(F)F)cc1. The first-order chi connectivity index (χ1) is 9.43. The van der Waals surface area contributed by atoms with Gasteiger partial charge >= 0.3 is 6.18 Å². The summed E-state index contributed by atoms with van der Waals surface area (Å²) >= 11 is -1.28. The molecule has 0 spiro atoms. The molecule has 1 aromatic rings. The molecule has 120 valence electrons. The summed E-state index contributed by atoms with van der Waals surface area (Å²) in [6, 6.07) is 4.76. The molecule has 0 aliphatic rings. The predicted octanol–water partition coefficient (Wildman–Crippen LogP) is 4.45. The van der Waals surface area contributed by atoms with Crippen molar-refractivity contribution in [2.75, 3.05) is 0 Å². The van der Waals surface area contributed by atoms with Gasteiger partial charge < -0.3 is 4.55 Å². The fourth-order valence-corrected chi connectivity index (χ4v) is 2.75. The molecule has 6 heteroatoms. The fraction of sp³-hybridized carbons (Fsp3) is 0.600. The van der Waals surface area contributed by atoms with Gasteiger partial charge in [-0.1, -0.05) is 26.0 Å². The van der Waals surface area contributed by atoms with Crippen LogP contribution in [0, 0.1) is 5.92 Å². The predicted molar refractivity (Wildman–Crippen MR) is 80.1 cm³/mol. The molecule has 2 atom stereocenters. The third kappa shape index (κ3) is 5.20. The molecule has 1 aromatic carbocycles. The highest BCUT2D eigenvalue weighted by Crippen LogP contribution is 2.31. The van der Waals surface area contributed by atoms with Gasteiger partial charge in [0, 0.05) is 11.4 Å². The van der Waals surface area contributed by atoms with E-state index >= 15 is 0 Å². The van der Waals surface area contributed by atoms with Crippen molar-refractivity contribution in [3.05, 3.63) is 35.4 Å². The van der Waals surface area contributed by atoms with Gasteiger partial charge in [-0.05, 0) is 44.4 Å². The first kappa shape index (κ1) is 18.3. The van der Waals surface area contributed by atoms with Crippen molar-refractivity contribution in [1.29, 1.82) is 0 Å². The molecule has 0 aliphatic carbocycles. The average molecular weight is 321 g/mol. The Hall–Kier alpha value is -0.720. The highest BCUT2D eigenvalue weighted by Gasteiger charge is 2.33. The van der Waals surface area contributed by atoms with Crippen molar-refractivity contribution in [3.63, 3.8) is 0 Å². The van der Waals surface area contributed by atoms with Gasteiger partial charge in [-0.3, -0.25) is 0 Å². The molecule has 0 aliphatic heterocycles. The first-order valence-corrected chi connectivity index (χ1v) is 7.93. The normalized spacial score (nSPS) is 16.1. The maximum Gasteiger partial charge on any atom is 0.416 e. The molecular formula is C15H22F3NOS. The van der Waals surface area contributed by atoms with Crippen LogP contribution < -0.4 is 4.72 Å². The van der Waals surface area contributed by atoms with Gasteiger partial charge in [-0.15, -0.1) is 4.72 Å². The lowest BCUT2D eigenvalue weighted by molar-refractivity contribution is -0.137. The van der Waals surface area contributed by atoms with Crippen molar-refractivity contribution in [2.45, 2.75) is 51.6 Å². The second kappa shape index (κ2) is 6.58. The maximum atomic E-state index is 12.6. The molecule has 0 amide bonds. The Balaban J connectivity index is 2.97. The van der Waals surface area contributed by atoms with E-state index in [9.17, 15) is 17.7 Å². The Bertz CT molecular complexity index is 451. The Morgan fingerprint density at radius 3 is 1.86 bits per heavy atom. The van der Waals surface area contributed by atoms with Crippen LogP contribution in [-0.4, -0.2) is 9.30 Å². The van der Waals surface area contributed by atoms with E-state index in [0.29, 0.717) is 5.56 Å². The minimum absolute atomic E-state index is 0.105. The number of hydrogen-bond acceptors (Lipinski definition) is 2. The zero-order valence-corrected chi connectivity index (χ0v) is 13.7. The van der Waals surface area contributed by atoms with E-state index in [1.54, 1.807) is 0 Å². The van der Waals surface area contributed by atoms with Gasteiger partial charge in [0.05, 0.1) is 11.6 Å². The van der Waals surface area contributed by atoms with Gasteiger partial charge in [0.2, 0.25) is 0 Å². The number of alkyl halides is 3. The standard InChI is InChI=1S/C15H22F3NOS/c1-10(2)13(19-21(20)14(3,4)5)11-6-8-12(9-7-11)15(16,17)18/h6-10,13,19H,1-5H3/t13-,21+/m0/s1. The van der Waals surface area contributed by atoms with Crippen LogP contribution in [0.1, 0.15) is 51.8 Å². The summed E-state index contributed by atoms with van der Waals surface area (Å²) in [4.78, 5) is 0. The number of halogens is 3. The Kier molecular flexibility index (Phi) is 5.75. The molecule has 0 radical (unpaired) electrons. The second-order valence-electron chi connectivity index (χ2n) is 6.34. The van der Waals surface area contributed by atoms with E-state index in [2.05, 4.69) is 4.72 Å². The van der Waals surface area contributed by atoms with Crippen molar-refractivity contribution in [2.24, 2.45) is 5.92 Å². The van der Waals surface area contributed by atoms with Crippen molar-refractivity contribution >= 4 is 11.4 Å². The lowest BCUT2D eigenvalue weighted by Crippen LogP contribution is -2.42. The Morgan fingerprint density at radius 2 is 1.52 bits per heavy atom. The average Bonchev–Trinajstić information content (AvgIpc) is 2.33. The van der Waals surface area contributed by atoms with E-state index in [0.717, 1.165) is 12.1 Å². The van der Waals surface area contributed by atoms with Gasteiger partial charge in [0.1, 0.15) is 4.75 Å². The highest BCUT2D eigenvalue weighted by atomic mass is 32.2. The van der Waals surface area contributed by atoms with Crippen molar-refractivity contribution in [1.82, 2.24) is 4.72 Å². The van der Waals surface area contributed by atoms with Crippen molar-refractivity contribution in [3.8, 4) is 0 Å². The summed E-state index contributed by atoms with van der Waals surface area (Å²) < 4.78 is 52.5.